The van der Waals surface area contributed by atoms with E-state index >= 15 is 0 Å². The molecule has 1 aromatic rings. The monoisotopic (exact) mass is 267 g/mol. The van der Waals surface area contributed by atoms with Gasteiger partial charge < -0.3 is 10.5 Å². The van der Waals surface area contributed by atoms with Gasteiger partial charge in [-0.15, -0.1) is 0 Å². The summed E-state index contributed by atoms with van der Waals surface area (Å²) >= 11 is 3.50. The van der Waals surface area contributed by atoms with E-state index in [2.05, 4.69) is 34.1 Å². The molecule has 80 valence electrons. The highest BCUT2D eigenvalue weighted by Crippen LogP contribution is 2.36. The number of rotatable bonds is 3. The number of methoxy groups -OCH3 is 1. The number of ether oxygens (including phenoxy) is 1. The lowest BCUT2D eigenvalue weighted by Gasteiger charge is -2.09. The Morgan fingerprint density at radius 1 is 1.47 bits per heavy atom. The van der Waals surface area contributed by atoms with Crippen molar-refractivity contribution in [1.82, 2.24) is 0 Å². The highest BCUT2D eigenvalue weighted by atomic mass is 79.9. The summed E-state index contributed by atoms with van der Waals surface area (Å²) in [5.74, 6) is 0.888. The molecule has 3 heteroatoms. The smallest absolute Gasteiger partial charge is 0.133 e. The minimum absolute atomic E-state index is 0.698. The van der Waals surface area contributed by atoms with Gasteiger partial charge in [0.2, 0.25) is 0 Å². The second-order valence-corrected chi connectivity index (χ2v) is 4.47. The molecule has 0 bridgehead atoms. The van der Waals surface area contributed by atoms with Crippen molar-refractivity contribution < 1.29 is 4.74 Å². The maximum atomic E-state index is 5.58. The van der Waals surface area contributed by atoms with Crippen LogP contribution in [0.25, 0.3) is 5.57 Å². The van der Waals surface area contributed by atoms with Gasteiger partial charge >= 0.3 is 0 Å². The van der Waals surface area contributed by atoms with Crippen LogP contribution in [0.1, 0.15) is 17.5 Å². The molecule has 1 aromatic carbocycles. The first-order valence-corrected chi connectivity index (χ1v) is 5.81. The molecule has 2 rings (SSSR count). The van der Waals surface area contributed by atoms with E-state index in [1.54, 1.807) is 7.11 Å². The number of halogens is 1. The zero-order valence-corrected chi connectivity index (χ0v) is 10.3. The molecule has 0 saturated carbocycles. The minimum atomic E-state index is 0.698. The Bertz CT molecular complexity index is 412. The van der Waals surface area contributed by atoms with Crippen LogP contribution in [0.4, 0.5) is 0 Å². The van der Waals surface area contributed by atoms with Crippen LogP contribution >= 0.6 is 15.9 Å². The second kappa shape index (κ2) is 4.37. The van der Waals surface area contributed by atoms with Gasteiger partial charge in [-0.05, 0) is 64.1 Å². The Labute approximate surface area is 98.2 Å². The first kappa shape index (κ1) is 10.7. The van der Waals surface area contributed by atoms with Gasteiger partial charge in [0.05, 0.1) is 11.6 Å². The van der Waals surface area contributed by atoms with Crippen LogP contribution in [0.2, 0.25) is 0 Å². The number of fused-ring (bicyclic) bond motifs is 1. The summed E-state index contributed by atoms with van der Waals surface area (Å²) in [7, 11) is 1.69. The Hall–Kier alpha value is -0.800. The molecule has 0 saturated heterocycles. The summed E-state index contributed by atoms with van der Waals surface area (Å²) < 4.78 is 6.31. The normalized spacial score (nSPS) is 13.7. The van der Waals surface area contributed by atoms with Crippen LogP contribution in [0, 0.1) is 0 Å². The van der Waals surface area contributed by atoms with E-state index in [0.717, 1.165) is 23.1 Å². The van der Waals surface area contributed by atoms with Crippen LogP contribution in [0.3, 0.4) is 0 Å². The molecule has 1 aliphatic carbocycles. The number of hydrogen-bond acceptors (Lipinski definition) is 2. The molecular weight excluding hydrogens is 254 g/mol. The van der Waals surface area contributed by atoms with Gasteiger partial charge in [0.25, 0.3) is 0 Å². The zero-order valence-electron chi connectivity index (χ0n) is 8.72. The average molecular weight is 268 g/mol. The Morgan fingerprint density at radius 3 is 2.93 bits per heavy atom. The summed E-state index contributed by atoms with van der Waals surface area (Å²) in [6.45, 7) is 0.698. The van der Waals surface area contributed by atoms with Crippen molar-refractivity contribution >= 4 is 21.5 Å². The second-order valence-electron chi connectivity index (χ2n) is 3.62. The first-order chi connectivity index (χ1) is 7.26. The lowest BCUT2D eigenvalue weighted by atomic mass is 10.0. The molecule has 0 aromatic heterocycles. The molecular formula is C12H14BrNO. The molecule has 0 heterocycles. The topological polar surface area (TPSA) is 35.2 Å². The van der Waals surface area contributed by atoms with Crippen molar-refractivity contribution in [3.63, 3.8) is 0 Å². The number of nitrogens with two attached hydrogens (primary N) is 1. The maximum Gasteiger partial charge on any atom is 0.133 e. The van der Waals surface area contributed by atoms with Crippen LogP contribution in [0.15, 0.2) is 22.7 Å². The summed E-state index contributed by atoms with van der Waals surface area (Å²) in [5, 5.41) is 0. The van der Waals surface area contributed by atoms with Gasteiger partial charge in [0, 0.05) is 0 Å². The lowest BCUT2D eigenvalue weighted by Crippen LogP contribution is -1.99. The fourth-order valence-corrected chi connectivity index (χ4v) is 2.51. The highest BCUT2D eigenvalue weighted by Gasteiger charge is 2.16. The molecule has 2 nitrogen and oxygen atoms in total. The highest BCUT2D eigenvalue weighted by molar-refractivity contribution is 9.10. The van der Waals surface area contributed by atoms with Gasteiger partial charge in [-0.1, -0.05) is 6.08 Å². The fraction of sp³-hybridized carbons (Fsp3) is 0.333. The van der Waals surface area contributed by atoms with Crippen molar-refractivity contribution in [3.8, 4) is 5.75 Å². The van der Waals surface area contributed by atoms with E-state index in [0.29, 0.717) is 6.54 Å². The van der Waals surface area contributed by atoms with E-state index in [9.17, 15) is 0 Å². The van der Waals surface area contributed by atoms with Crippen molar-refractivity contribution in [1.29, 1.82) is 0 Å². The molecule has 0 unspecified atom stereocenters. The van der Waals surface area contributed by atoms with Crippen molar-refractivity contribution in [2.45, 2.75) is 12.8 Å². The SMILES string of the molecule is COc1cc2c(cc1Br)CC=C2CCN. The third-order valence-corrected chi connectivity index (χ3v) is 3.33. The van der Waals surface area contributed by atoms with Crippen LogP contribution < -0.4 is 10.5 Å². The summed E-state index contributed by atoms with van der Waals surface area (Å²) in [4.78, 5) is 0. The summed E-state index contributed by atoms with van der Waals surface area (Å²) in [5.41, 5.74) is 9.58. The van der Waals surface area contributed by atoms with E-state index in [4.69, 9.17) is 10.5 Å². The van der Waals surface area contributed by atoms with Crippen LogP contribution in [0.5, 0.6) is 5.75 Å². The first-order valence-electron chi connectivity index (χ1n) is 5.02. The Kier molecular flexibility index (Phi) is 3.12. The van der Waals surface area contributed by atoms with Gasteiger partial charge in [0.1, 0.15) is 5.75 Å². The largest absolute Gasteiger partial charge is 0.496 e. The Morgan fingerprint density at radius 2 is 2.27 bits per heavy atom. The predicted molar refractivity (Wildman–Crippen MR) is 66.0 cm³/mol. The van der Waals surface area contributed by atoms with E-state index < -0.39 is 0 Å². The van der Waals surface area contributed by atoms with Gasteiger partial charge in [0.15, 0.2) is 0 Å². The van der Waals surface area contributed by atoms with Crippen molar-refractivity contribution in [3.05, 3.63) is 33.8 Å². The average Bonchev–Trinajstić information content (AvgIpc) is 2.60. The fourth-order valence-electron chi connectivity index (χ4n) is 1.95. The number of benzene rings is 1. The molecule has 0 fully saturated rings. The number of allylic oxidation sites excluding steroid dienone is 1. The van der Waals surface area contributed by atoms with Crippen LogP contribution in [-0.4, -0.2) is 13.7 Å². The van der Waals surface area contributed by atoms with E-state index in [-0.39, 0.29) is 0 Å². The molecule has 15 heavy (non-hydrogen) atoms. The molecule has 0 radical (unpaired) electrons. The van der Waals surface area contributed by atoms with Gasteiger partial charge in [-0.2, -0.15) is 0 Å². The third-order valence-electron chi connectivity index (χ3n) is 2.71. The standard InChI is InChI=1S/C12H14BrNO/c1-15-12-7-10-8(4-5-14)2-3-9(10)6-11(12)13/h2,6-7H,3-5,14H2,1H3. The number of hydrogen-bond donors (Lipinski definition) is 1. The van der Waals surface area contributed by atoms with Gasteiger partial charge in [-0.25, -0.2) is 0 Å². The lowest BCUT2D eigenvalue weighted by molar-refractivity contribution is 0.412. The van der Waals surface area contributed by atoms with Crippen LogP contribution in [-0.2, 0) is 6.42 Å². The third kappa shape index (κ3) is 1.94. The predicted octanol–water partition coefficient (Wildman–Crippen LogP) is 2.75. The minimum Gasteiger partial charge on any atom is -0.496 e. The molecule has 2 N–H and O–H groups in total. The molecule has 0 aliphatic heterocycles. The molecule has 0 atom stereocenters. The van der Waals surface area contributed by atoms with E-state index in [1.165, 1.54) is 16.7 Å². The van der Waals surface area contributed by atoms with Gasteiger partial charge in [-0.3, -0.25) is 0 Å². The molecule has 0 spiro atoms. The summed E-state index contributed by atoms with van der Waals surface area (Å²) in [6.07, 6.45) is 4.20. The van der Waals surface area contributed by atoms with E-state index in [1.807, 2.05) is 0 Å². The van der Waals surface area contributed by atoms with Crippen molar-refractivity contribution in [2.75, 3.05) is 13.7 Å². The molecule has 1 aliphatic rings. The van der Waals surface area contributed by atoms with Crippen molar-refractivity contribution in [2.24, 2.45) is 5.73 Å². The quantitative estimate of drug-likeness (QED) is 0.914. The Balaban J connectivity index is 2.40. The maximum absolute atomic E-state index is 5.58. The zero-order chi connectivity index (χ0) is 10.8. The summed E-state index contributed by atoms with van der Waals surface area (Å²) in [6, 6.07) is 4.22. The molecule has 0 amide bonds.